The molecule has 1 aliphatic rings. The van der Waals surface area contributed by atoms with Crippen molar-refractivity contribution in [1.29, 1.82) is 0 Å². The lowest BCUT2D eigenvalue weighted by atomic mass is 9.95. The van der Waals surface area contributed by atoms with E-state index in [9.17, 15) is 4.79 Å². The van der Waals surface area contributed by atoms with Gasteiger partial charge in [0.25, 0.3) is 0 Å². The summed E-state index contributed by atoms with van der Waals surface area (Å²) in [5.74, 6) is -0.139. The second-order valence-electron chi connectivity index (χ2n) is 6.09. The molecule has 0 aliphatic carbocycles. The maximum Gasteiger partial charge on any atom is 0.325 e. The highest BCUT2D eigenvalue weighted by molar-refractivity contribution is 5.80. The third kappa shape index (κ3) is 4.74. The monoisotopic (exact) mass is 284 g/mol. The number of carbonyl (C=O) groups excluding carboxylic acids is 1. The van der Waals surface area contributed by atoms with E-state index in [1.807, 2.05) is 6.92 Å². The Morgan fingerprint density at radius 3 is 2.80 bits per heavy atom. The van der Waals surface area contributed by atoms with Gasteiger partial charge in [-0.2, -0.15) is 0 Å². The van der Waals surface area contributed by atoms with E-state index < -0.39 is 5.54 Å². The summed E-state index contributed by atoms with van der Waals surface area (Å²) in [6.45, 7) is 9.52. The number of hydrogen-bond donors (Lipinski definition) is 1. The first-order valence-electron chi connectivity index (χ1n) is 8.14. The Morgan fingerprint density at radius 2 is 2.20 bits per heavy atom. The number of carbonyl (C=O) groups is 1. The van der Waals surface area contributed by atoms with Gasteiger partial charge in [0.15, 0.2) is 0 Å². The fourth-order valence-corrected chi connectivity index (χ4v) is 3.18. The van der Waals surface area contributed by atoms with E-state index in [-0.39, 0.29) is 5.97 Å². The molecule has 4 heteroatoms. The van der Waals surface area contributed by atoms with Crippen molar-refractivity contribution in [3.63, 3.8) is 0 Å². The Bertz CT molecular complexity index is 296. The fourth-order valence-electron chi connectivity index (χ4n) is 3.18. The first-order valence-corrected chi connectivity index (χ1v) is 8.14. The molecule has 2 unspecified atom stereocenters. The molecule has 0 saturated carbocycles. The van der Waals surface area contributed by atoms with Crippen LogP contribution in [0.2, 0.25) is 0 Å². The van der Waals surface area contributed by atoms with Crippen LogP contribution in [0.15, 0.2) is 0 Å². The van der Waals surface area contributed by atoms with Crippen molar-refractivity contribution in [2.24, 2.45) is 0 Å². The number of methoxy groups -OCH3 is 1. The summed E-state index contributed by atoms with van der Waals surface area (Å²) >= 11 is 0. The Labute approximate surface area is 124 Å². The maximum atomic E-state index is 12.0. The van der Waals surface area contributed by atoms with Gasteiger partial charge in [0.05, 0.1) is 7.11 Å². The Hall–Kier alpha value is -0.610. The van der Waals surface area contributed by atoms with E-state index >= 15 is 0 Å². The normalized spacial score (nSPS) is 22.7. The van der Waals surface area contributed by atoms with Gasteiger partial charge in [-0.15, -0.1) is 0 Å². The molecule has 0 aromatic carbocycles. The lowest BCUT2D eigenvalue weighted by Crippen LogP contribution is -2.50. The van der Waals surface area contributed by atoms with E-state index in [4.69, 9.17) is 4.74 Å². The molecular weight excluding hydrogens is 252 g/mol. The molecule has 1 fully saturated rings. The van der Waals surface area contributed by atoms with Gasteiger partial charge in [0, 0.05) is 6.04 Å². The maximum absolute atomic E-state index is 12.0. The smallest absolute Gasteiger partial charge is 0.325 e. The summed E-state index contributed by atoms with van der Waals surface area (Å²) in [5.41, 5.74) is -0.536. The quantitative estimate of drug-likeness (QED) is 0.661. The van der Waals surface area contributed by atoms with Crippen LogP contribution >= 0.6 is 0 Å². The second kappa shape index (κ2) is 8.63. The molecule has 0 bridgehead atoms. The summed E-state index contributed by atoms with van der Waals surface area (Å²) in [6, 6.07) is 0.753. The summed E-state index contributed by atoms with van der Waals surface area (Å²) in [6.07, 6.45) is 6.80. The summed E-state index contributed by atoms with van der Waals surface area (Å²) in [4.78, 5) is 14.6. The SMILES string of the molecule is CCCNC(C)(CCCN1CCCC1CC)C(=O)OC. The van der Waals surface area contributed by atoms with Crippen molar-refractivity contribution >= 4 is 5.97 Å². The number of nitrogens with zero attached hydrogens (tertiary/aromatic N) is 1. The lowest BCUT2D eigenvalue weighted by molar-refractivity contribution is -0.148. The third-order valence-corrected chi connectivity index (χ3v) is 4.49. The number of esters is 1. The molecule has 0 aromatic heterocycles. The van der Waals surface area contributed by atoms with Crippen molar-refractivity contribution in [1.82, 2.24) is 10.2 Å². The van der Waals surface area contributed by atoms with Gasteiger partial charge in [-0.05, 0) is 65.1 Å². The fraction of sp³-hybridized carbons (Fsp3) is 0.938. The van der Waals surface area contributed by atoms with Crippen molar-refractivity contribution in [3.8, 4) is 0 Å². The van der Waals surface area contributed by atoms with Crippen LogP contribution in [0.5, 0.6) is 0 Å². The molecule has 0 spiro atoms. The molecule has 118 valence electrons. The van der Waals surface area contributed by atoms with E-state index in [1.54, 1.807) is 0 Å². The van der Waals surface area contributed by atoms with Crippen LogP contribution < -0.4 is 5.32 Å². The molecule has 1 heterocycles. The van der Waals surface area contributed by atoms with Crippen LogP contribution in [0, 0.1) is 0 Å². The predicted molar refractivity (Wildman–Crippen MR) is 82.8 cm³/mol. The molecule has 0 aromatic rings. The number of nitrogens with one attached hydrogen (secondary N) is 1. The number of rotatable bonds is 9. The van der Waals surface area contributed by atoms with Gasteiger partial charge in [-0.3, -0.25) is 4.79 Å². The number of likely N-dealkylation sites (tertiary alicyclic amines) is 1. The van der Waals surface area contributed by atoms with Crippen LogP contribution in [0.1, 0.15) is 59.3 Å². The summed E-state index contributed by atoms with van der Waals surface area (Å²) < 4.78 is 4.96. The molecular formula is C16H32N2O2. The zero-order valence-corrected chi connectivity index (χ0v) is 13.7. The first kappa shape index (κ1) is 17.4. The van der Waals surface area contributed by atoms with E-state index in [0.29, 0.717) is 0 Å². The average molecular weight is 284 g/mol. The topological polar surface area (TPSA) is 41.6 Å². The largest absolute Gasteiger partial charge is 0.468 e. The second-order valence-corrected chi connectivity index (χ2v) is 6.09. The molecule has 1 N–H and O–H groups in total. The predicted octanol–water partition coefficient (Wildman–Crippen LogP) is 2.57. The third-order valence-electron chi connectivity index (χ3n) is 4.49. The molecule has 1 aliphatic heterocycles. The Morgan fingerprint density at radius 1 is 1.45 bits per heavy atom. The summed E-state index contributed by atoms with van der Waals surface area (Å²) in [5, 5.41) is 3.35. The van der Waals surface area contributed by atoms with Crippen molar-refractivity contribution in [3.05, 3.63) is 0 Å². The standard InChI is InChI=1S/C16H32N2O2/c1-5-11-17-16(3,15(19)20-4)10-8-13-18-12-7-9-14(18)6-2/h14,17H,5-13H2,1-4H3. The molecule has 0 amide bonds. The first-order chi connectivity index (χ1) is 9.57. The Kier molecular flexibility index (Phi) is 7.52. The van der Waals surface area contributed by atoms with Crippen LogP contribution in [-0.2, 0) is 9.53 Å². The molecule has 0 radical (unpaired) electrons. The van der Waals surface area contributed by atoms with Gasteiger partial charge in [0.1, 0.15) is 5.54 Å². The molecule has 4 nitrogen and oxygen atoms in total. The van der Waals surface area contributed by atoms with Crippen molar-refractivity contribution in [2.45, 2.75) is 70.9 Å². The number of hydrogen-bond acceptors (Lipinski definition) is 4. The van der Waals surface area contributed by atoms with Gasteiger partial charge < -0.3 is 15.0 Å². The summed E-state index contributed by atoms with van der Waals surface area (Å²) in [7, 11) is 1.47. The highest BCUT2D eigenvalue weighted by Crippen LogP contribution is 2.22. The van der Waals surface area contributed by atoms with Crippen molar-refractivity contribution < 1.29 is 9.53 Å². The van der Waals surface area contributed by atoms with Gasteiger partial charge in [-0.1, -0.05) is 13.8 Å². The van der Waals surface area contributed by atoms with Crippen LogP contribution in [0.25, 0.3) is 0 Å². The van der Waals surface area contributed by atoms with E-state index in [2.05, 4.69) is 24.1 Å². The highest BCUT2D eigenvalue weighted by Gasteiger charge is 2.33. The van der Waals surface area contributed by atoms with Crippen LogP contribution in [0.4, 0.5) is 0 Å². The molecule has 20 heavy (non-hydrogen) atoms. The molecule has 1 saturated heterocycles. The zero-order chi connectivity index (χ0) is 15.0. The van der Waals surface area contributed by atoms with Crippen LogP contribution in [0.3, 0.4) is 0 Å². The highest BCUT2D eigenvalue weighted by atomic mass is 16.5. The Balaban J connectivity index is 2.43. The number of ether oxygens (including phenoxy) is 1. The minimum atomic E-state index is -0.536. The van der Waals surface area contributed by atoms with Gasteiger partial charge in [-0.25, -0.2) is 0 Å². The van der Waals surface area contributed by atoms with E-state index in [1.165, 1.54) is 32.9 Å². The van der Waals surface area contributed by atoms with Crippen LogP contribution in [-0.4, -0.2) is 49.2 Å². The minimum absolute atomic E-state index is 0.139. The van der Waals surface area contributed by atoms with Gasteiger partial charge >= 0.3 is 5.97 Å². The zero-order valence-electron chi connectivity index (χ0n) is 13.7. The molecule has 2 atom stereocenters. The molecule has 1 rings (SSSR count). The van der Waals surface area contributed by atoms with Gasteiger partial charge in [0.2, 0.25) is 0 Å². The van der Waals surface area contributed by atoms with E-state index in [0.717, 1.165) is 38.4 Å². The lowest BCUT2D eigenvalue weighted by Gasteiger charge is -2.30. The average Bonchev–Trinajstić information content (AvgIpc) is 2.91. The minimum Gasteiger partial charge on any atom is -0.468 e. The van der Waals surface area contributed by atoms with Crippen molar-refractivity contribution in [2.75, 3.05) is 26.7 Å².